The minimum atomic E-state index is -0.0712. The maximum atomic E-state index is 12.4. The van der Waals surface area contributed by atoms with Crippen LogP contribution in [-0.2, 0) is 0 Å². The van der Waals surface area contributed by atoms with Gasteiger partial charge in [-0.1, -0.05) is 28.1 Å². The molecule has 2 aromatic carbocycles. The topological polar surface area (TPSA) is 44.7 Å². The molecule has 0 fully saturated rings. The summed E-state index contributed by atoms with van der Waals surface area (Å²) in [4.78, 5) is 12.4. The van der Waals surface area contributed by atoms with Crippen LogP contribution < -0.4 is 10.3 Å². The van der Waals surface area contributed by atoms with E-state index in [4.69, 9.17) is 0 Å². The molecule has 0 radical (unpaired) electrons. The van der Waals surface area contributed by atoms with Crippen molar-refractivity contribution in [3.05, 3.63) is 64.1 Å². The van der Waals surface area contributed by atoms with Crippen molar-refractivity contribution in [1.29, 1.82) is 0 Å². The zero-order valence-electron chi connectivity index (χ0n) is 13.8. The van der Waals surface area contributed by atoms with E-state index in [-0.39, 0.29) is 11.9 Å². The van der Waals surface area contributed by atoms with Crippen molar-refractivity contribution in [3.8, 4) is 0 Å². The number of amides is 1. The van der Waals surface area contributed by atoms with Crippen molar-refractivity contribution in [3.63, 3.8) is 0 Å². The number of nitrogens with one attached hydrogen (secondary N) is 1. The molecule has 1 heterocycles. The van der Waals surface area contributed by atoms with E-state index >= 15 is 0 Å². The molecule has 5 heteroatoms. The molecule has 3 rings (SSSR count). The Morgan fingerprint density at radius 3 is 2.42 bits per heavy atom. The number of benzene rings is 2. The highest BCUT2D eigenvalue weighted by atomic mass is 79.9. The van der Waals surface area contributed by atoms with E-state index in [9.17, 15) is 4.79 Å². The van der Waals surface area contributed by atoms with Gasteiger partial charge in [-0.2, -0.15) is 5.10 Å². The summed E-state index contributed by atoms with van der Waals surface area (Å²) < 4.78 is 1.03. The largest absolute Gasteiger partial charge is 0.346 e. The average molecular weight is 386 g/mol. The van der Waals surface area contributed by atoms with Gasteiger partial charge in [0, 0.05) is 28.7 Å². The fourth-order valence-corrected chi connectivity index (χ4v) is 2.92. The summed E-state index contributed by atoms with van der Waals surface area (Å²) in [5.41, 5.74) is 3.89. The monoisotopic (exact) mass is 385 g/mol. The van der Waals surface area contributed by atoms with Gasteiger partial charge in [0.05, 0.1) is 11.7 Å². The first-order valence-corrected chi connectivity index (χ1v) is 8.80. The minimum Gasteiger partial charge on any atom is -0.346 e. The smallest absolute Gasteiger partial charge is 0.251 e. The Hall–Kier alpha value is -2.14. The van der Waals surface area contributed by atoms with Crippen LogP contribution in [0.15, 0.2) is 58.1 Å². The first-order chi connectivity index (χ1) is 11.5. The Balaban J connectivity index is 1.65. The molecular formula is C19H20BrN3O. The molecule has 4 nitrogen and oxygen atoms in total. The van der Waals surface area contributed by atoms with E-state index in [1.807, 2.05) is 67.4 Å². The van der Waals surface area contributed by atoms with Crippen LogP contribution in [-0.4, -0.2) is 18.2 Å². The molecule has 0 saturated carbocycles. The Morgan fingerprint density at radius 2 is 1.83 bits per heavy atom. The second-order valence-electron chi connectivity index (χ2n) is 6.00. The molecule has 0 aromatic heterocycles. The Kier molecular flexibility index (Phi) is 5.00. The zero-order chi connectivity index (χ0) is 17.1. The van der Waals surface area contributed by atoms with E-state index < -0.39 is 0 Å². The predicted octanol–water partition coefficient (Wildman–Crippen LogP) is 4.53. The van der Waals surface area contributed by atoms with Gasteiger partial charge in [-0.05, 0) is 55.8 Å². The third-order valence-electron chi connectivity index (χ3n) is 4.12. The van der Waals surface area contributed by atoms with Crippen LogP contribution in [0.1, 0.15) is 42.2 Å². The normalized spacial score (nSPS) is 15.1. The van der Waals surface area contributed by atoms with Crippen molar-refractivity contribution in [2.75, 3.05) is 11.6 Å². The summed E-state index contributed by atoms with van der Waals surface area (Å²) in [5.74, 6) is -0.0712. The molecule has 1 amide bonds. The summed E-state index contributed by atoms with van der Waals surface area (Å²) in [5, 5.41) is 9.48. The van der Waals surface area contributed by atoms with Crippen molar-refractivity contribution in [2.24, 2.45) is 5.10 Å². The molecule has 1 N–H and O–H groups in total. The number of carbonyl (C=O) groups excluding carboxylic acids is 1. The number of hydrogen-bond acceptors (Lipinski definition) is 3. The molecule has 2 aromatic rings. The molecule has 0 saturated heterocycles. The van der Waals surface area contributed by atoms with Gasteiger partial charge in [-0.15, -0.1) is 0 Å². The van der Waals surface area contributed by atoms with E-state index in [0.717, 1.165) is 34.4 Å². The van der Waals surface area contributed by atoms with E-state index in [1.165, 1.54) is 0 Å². The van der Waals surface area contributed by atoms with Gasteiger partial charge in [0.15, 0.2) is 0 Å². The summed E-state index contributed by atoms with van der Waals surface area (Å²) in [7, 11) is 0. The van der Waals surface area contributed by atoms with Gasteiger partial charge in [0.1, 0.15) is 0 Å². The number of anilines is 1. The summed E-state index contributed by atoms with van der Waals surface area (Å²) in [6.45, 7) is 4.92. The van der Waals surface area contributed by atoms with E-state index in [0.29, 0.717) is 5.56 Å². The molecule has 0 spiro atoms. The lowest BCUT2D eigenvalue weighted by Gasteiger charge is -2.16. The van der Waals surface area contributed by atoms with Crippen molar-refractivity contribution in [2.45, 2.75) is 26.3 Å². The van der Waals surface area contributed by atoms with Gasteiger partial charge < -0.3 is 5.32 Å². The highest BCUT2D eigenvalue weighted by Crippen LogP contribution is 2.21. The summed E-state index contributed by atoms with van der Waals surface area (Å²) in [6.07, 6.45) is 0.993. The number of rotatable bonds is 4. The number of carbonyl (C=O) groups is 1. The van der Waals surface area contributed by atoms with Crippen LogP contribution in [0.5, 0.6) is 0 Å². The third-order valence-corrected chi connectivity index (χ3v) is 4.65. The average Bonchev–Trinajstić information content (AvgIpc) is 3.02. The highest BCUT2D eigenvalue weighted by Gasteiger charge is 2.15. The van der Waals surface area contributed by atoms with Crippen LogP contribution in [0.2, 0.25) is 0 Å². The molecule has 124 valence electrons. The molecule has 1 aliphatic rings. The van der Waals surface area contributed by atoms with Gasteiger partial charge in [0.2, 0.25) is 0 Å². The molecular weight excluding hydrogens is 366 g/mol. The van der Waals surface area contributed by atoms with Gasteiger partial charge in [-0.3, -0.25) is 9.80 Å². The molecule has 0 aliphatic carbocycles. The fourth-order valence-electron chi connectivity index (χ4n) is 2.66. The second-order valence-corrected chi connectivity index (χ2v) is 6.92. The Morgan fingerprint density at radius 1 is 1.17 bits per heavy atom. The quantitative estimate of drug-likeness (QED) is 0.840. The van der Waals surface area contributed by atoms with Gasteiger partial charge in [-0.25, -0.2) is 0 Å². The summed E-state index contributed by atoms with van der Waals surface area (Å²) >= 11 is 3.42. The zero-order valence-corrected chi connectivity index (χ0v) is 15.4. The maximum absolute atomic E-state index is 12.4. The lowest BCUT2D eigenvalue weighted by Crippen LogP contribution is -2.26. The molecule has 1 unspecified atom stereocenters. The number of hydrogen-bond donors (Lipinski definition) is 1. The molecule has 1 aliphatic heterocycles. The lowest BCUT2D eigenvalue weighted by atomic mass is 10.1. The van der Waals surface area contributed by atoms with Crippen molar-refractivity contribution < 1.29 is 4.79 Å². The Bertz CT molecular complexity index is 753. The van der Waals surface area contributed by atoms with Crippen LogP contribution in [0.4, 0.5) is 5.69 Å². The molecule has 0 bridgehead atoms. The van der Waals surface area contributed by atoms with Crippen molar-refractivity contribution >= 4 is 33.2 Å². The van der Waals surface area contributed by atoms with Crippen LogP contribution in [0.25, 0.3) is 0 Å². The van der Waals surface area contributed by atoms with Gasteiger partial charge >= 0.3 is 0 Å². The summed E-state index contributed by atoms with van der Waals surface area (Å²) in [6, 6.07) is 15.5. The maximum Gasteiger partial charge on any atom is 0.251 e. The fraction of sp³-hybridized carbons (Fsp3) is 0.263. The number of hydrazone groups is 1. The predicted molar refractivity (Wildman–Crippen MR) is 102 cm³/mol. The second kappa shape index (κ2) is 7.18. The SMILES string of the molecule is CC1=NN(c2ccc(C(=O)NC(C)c3ccc(Br)cc3)cc2)CC1. The molecule has 1 atom stereocenters. The third kappa shape index (κ3) is 3.85. The van der Waals surface area contributed by atoms with Crippen LogP contribution >= 0.6 is 15.9 Å². The lowest BCUT2D eigenvalue weighted by molar-refractivity contribution is 0.0940. The molecule has 24 heavy (non-hydrogen) atoms. The van der Waals surface area contributed by atoms with Gasteiger partial charge in [0.25, 0.3) is 5.91 Å². The van der Waals surface area contributed by atoms with Crippen molar-refractivity contribution in [1.82, 2.24) is 5.32 Å². The number of halogens is 1. The first-order valence-electron chi connectivity index (χ1n) is 8.01. The Labute approximate surface area is 150 Å². The van der Waals surface area contributed by atoms with E-state index in [2.05, 4.69) is 26.3 Å². The standard InChI is InChI=1S/C19H20BrN3O/c1-13-11-12-23(22-13)18-9-5-16(6-10-18)19(24)21-14(2)15-3-7-17(20)8-4-15/h3-10,14H,11-12H2,1-2H3,(H,21,24). The van der Waals surface area contributed by atoms with Crippen LogP contribution in [0.3, 0.4) is 0 Å². The highest BCUT2D eigenvalue weighted by molar-refractivity contribution is 9.10. The van der Waals surface area contributed by atoms with Crippen LogP contribution in [0, 0.1) is 0 Å². The van der Waals surface area contributed by atoms with E-state index in [1.54, 1.807) is 0 Å². The number of nitrogens with zero attached hydrogens (tertiary/aromatic N) is 2. The first kappa shape index (κ1) is 16.7. The minimum absolute atomic E-state index is 0.0453.